The van der Waals surface area contributed by atoms with Crippen LogP contribution in [0.1, 0.15) is 5.56 Å². The van der Waals surface area contributed by atoms with Crippen LogP contribution in [-0.2, 0) is 0 Å². The predicted molar refractivity (Wildman–Crippen MR) is 107 cm³/mol. The number of rotatable bonds is 8. The Bertz CT molecular complexity index is 933. The van der Waals surface area contributed by atoms with Crippen molar-refractivity contribution in [1.82, 2.24) is 0 Å². The van der Waals surface area contributed by atoms with Crippen LogP contribution in [0.4, 0.5) is 0 Å². The van der Waals surface area contributed by atoms with Crippen LogP contribution < -0.4 is 14.2 Å². The minimum Gasteiger partial charge on any atom is -0.493 e. The summed E-state index contributed by atoms with van der Waals surface area (Å²) < 4.78 is 16.4. The maximum Gasteiger partial charge on any atom is 0.162 e. The Labute approximate surface area is 164 Å². The molecule has 0 spiro atoms. The summed E-state index contributed by atoms with van der Waals surface area (Å²) in [5, 5.41) is 19.0. The molecule has 3 rings (SSSR count). The van der Waals surface area contributed by atoms with Crippen LogP contribution in [0.5, 0.6) is 17.2 Å². The monoisotopic (exact) mass is 375 g/mol. The lowest BCUT2D eigenvalue weighted by Gasteiger charge is -2.15. The van der Waals surface area contributed by atoms with Crippen molar-refractivity contribution < 1.29 is 19.3 Å². The molecular weight excluding hydrogens is 354 g/mol. The van der Waals surface area contributed by atoms with E-state index in [2.05, 4.69) is 0 Å². The zero-order chi connectivity index (χ0) is 19.8. The molecule has 0 amide bonds. The topological polar surface area (TPSA) is 71.7 Å². The van der Waals surface area contributed by atoms with Gasteiger partial charge in [0.15, 0.2) is 11.5 Å². The SMILES string of the molecule is COc1cc(C#N)ccc1OCC(O)COc1ccc(-c2ccccc2)cc1. The molecule has 5 heteroatoms. The summed E-state index contributed by atoms with van der Waals surface area (Å²) >= 11 is 0. The van der Waals surface area contributed by atoms with E-state index in [4.69, 9.17) is 19.5 Å². The number of aliphatic hydroxyl groups is 1. The van der Waals surface area contributed by atoms with Crippen molar-refractivity contribution in [3.05, 3.63) is 78.4 Å². The second-order valence-corrected chi connectivity index (χ2v) is 6.14. The van der Waals surface area contributed by atoms with Crippen LogP contribution in [0.15, 0.2) is 72.8 Å². The summed E-state index contributed by atoms with van der Waals surface area (Å²) in [6.07, 6.45) is -0.811. The van der Waals surface area contributed by atoms with Crippen molar-refractivity contribution in [2.45, 2.75) is 6.10 Å². The molecular formula is C23H21NO4. The van der Waals surface area contributed by atoms with Gasteiger partial charge in [-0.2, -0.15) is 5.26 Å². The summed E-state index contributed by atoms with van der Waals surface area (Å²) in [4.78, 5) is 0. The first-order valence-corrected chi connectivity index (χ1v) is 8.87. The van der Waals surface area contributed by atoms with E-state index < -0.39 is 6.10 Å². The van der Waals surface area contributed by atoms with Gasteiger partial charge in [-0.25, -0.2) is 0 Å². The first-order valence-electron chi connectivity index (χ1n) is 8.87. The molecule has 1 N–H and O–H groups in total. The number of hydrogen-bond donors (Lipinski definition) is 1. The molecule has 1 unspecified atom stereocenters. The molecule has 3 aromatic rings. The van der Waals surface area contributed by atoms with E-state index in [1.165, 1.54) is 7.11 Å². The standard InChI is InChI=1S/C23H21NO4/c1-26-23-13-17(14-24)7-12-22(23)28-16-20(25)15-27-21-10-8-19(9-11-21)18-5-3-2-4-6-18/h2-13,20,25H,15-16H2,1H3. The van der Waals surface area contributed by atoms with Crippen LogP contribution in [0.3, 0.4) is 0 Å². The van der Waals surface area contributed by atoms with Gasteiger partial charge in [0.25, 0.3) is 0 Å². The number of aliphatic hydroxyl groups excluding tert-OH is 1. The molecule has 0 bridgehead atoms. The molecule has 0 saturated carbocycles. The Hall–Kier alpha value is -3.49. The molecule has 0 heterocycles. The van der Waals surface area contributed by atoms with E-state index in [-0.39, 0.29) is 13.2 Å². The highest BCUT2D eigenvalue weighted by Crippen LogP contribution is 2.28. The largest absolute Gasteiger partial charge is 0.493 e. The molecule has 0 radical (unpaired) electrons. The molecule has 0 aliphatic heterocycles. The lowest BCUT2D eigenvalue weighted by Crippen LogP contribution is -2.25. The number of nitriles is 1. The lowest BCUT2D eigenvalue weighted by atomic mass is 10.1. The predicted octanol–water partition coefficient (Wildman–Crippen LogP) is 4.05. The molecule has 0 aliphatic rings. The van der Waals surface area contributed by atoms with E-state index in [1.54, 1.807) is 18.2 Å². The first-order chi connectivity index (χ1) is 13.7. The maximum atomic E-state index is 10.1. The molecule has 0 fully saturated rings. The van der Waals surface area contributed by atoms with Crippen molar-refractivity contribution in [2.75, 3.05) is 20.3 Å². The number of ether oxygens (including phenoxy) is 3. The van der Waals surface area contributed by atoms with Gasteiger partial charge < -0.3 is 19.3 Å². The van der Waals surface area contributed by atoms with Gasteiger partial charge in [0.2, 0.25) is 0 Å². The van der Waals surface area contributed by atoms with Crippen LogP contribution in [0.2, 0.25) is 0 Å². The molecule has 0 saturated heterocycles. The third-order valence-corrected chi connectivity index (χ3v) is 4.13. The molecule has 0 aliphatic carbocycles. The van der Waals surface area contributed by atoms with Gasteiger partial charge in [-0.3, -0.25) is 0 Å². The zero-order valence-corrected chi connectivity index (χ0v) is 15.5. The van der Waals surface area contributed by atoms with Crippen molar-refractivity contribution >= 4 is 0 Å². The highest BCUT2D eigenvalue weighted by Gasteiger charge is 2.11. The summed E-state index contributed by atoms with van der Waals surface area (Å²) in [7, 11) is 1.50. The number of benzene rings is 3. The number of hydrogen-bond acceptors (Lipinski definition) is 5. The van der Waals surface area contributed by atoms with Crippen LogP contribution in [0.25, 0.3) is 11.1 Å². The fourth-order valence-corrected chi connectivity index (χ4v) is 2.66. The Morgan fingerprint density at radius 3 is 2.21 bits per heavy atom. The Kier molecular flexibility index (Phi) is 6.50. The molecule has 28 heavy (non-hydrogen) atoms. The minimum atomic E-state index is -0.811. The van der Waals surface area contributed by atoms with Crippen LogP contribution >= 0.6 is 0 Å². The van der Waals surface area contributed by atoms with Gasteiger partial charge in [0.1, 0.15) is 25.1 Å². The molecule has 1 atom stereocenters. The van der Waals surface area contributed by atoms with E-state index >= 15 is 0 Å². The van der Waals surface area contributed by atoms with E-state index in [0.29, 0.717) is 22.8 Å². The zero-order valence-electron chi connectivity index (χ0n) is 15.5. The van der Waals surface area contributed by atoms with E-state index in [1.807, 2.05) is 60.7 Å². The summed E-state index contributed by atoms with van der Waals surface area (Å²) in [6, 6.07) is 24.7. The van der Waals surface area contributed by atoms with Gasteiger partial charge >= 0.3 is 0 Å². The van der Waals surface area contributed by atoms with Crippen molar-refractivity contribution in [1.29, 1.82) is 5.26 Å². The van der Waals surface area contributed by atoms with Crippen molar-refractivity contribution in [3.63, 3.8) is 0 Å². The summed E-state index contributed by atoms with van der Waals surface area (Å²) in [6.45, 7) is 0.146. The second-order valence-electron chi connectivity index (χ2n) is 6.14. The van der Waals surface area contributed by atoms with Crippen LogP contribution in [0, 0.1) is 11.3 Å². The van der Waals surface area contributed by atoms with Gasteiger partial charge in [-0.05, 0) is 35.4 Å². The van der Waals surface area contributed by atoms with Crippen molar-refractivity contribution in [2.24, 2.45) is 0 Å². The first kappa shape index (κ1) is 19.3. The van der Waals surface area contributed by atoms with Gasteiger partial charge in [-0.1, -0.05) is 42.5 Å². The fourth-order valence-electron chi connectivity index (χ4n) is 2.66. The number of nitrogens with zero attached hydrogens (tertiary/aromatic N) is 1. The number of methoxy groups -OCH3 is 1. The van der Waals surface area contributed by atoms with E-state index in [0.717, 1.165) is 11.1 Å². The Morgan fingerprint density at radius 2 is 1.54 bits per heavy atom. The fraction of sp³-hybridized carbons (Fsp3) is 0.174. The quantitative estimate of drug-likeness (QED) is 0.643. The normalized spacial score (nSPS) is 11.3. The summed E-state index contributed by atoms with van der Waals surface area (Å²) in [5.41, 5.74) is 2.72. The third kappa shape index (κ3) is 5.03. The van der Waals surface area contributed by atoms with Crippen molar-refractivity contribution in [3.8, 4) is 34.4 Å². The van der Waals surface area contributed by atoms with E-state index in [9.17, 15) is 5.11 Å². The average Bonchev–Trinajstić information content (AvgIpc) is 2.77. The molecule has 3 aromatic carbocycles. The van der Waals surface area contributed by atoms with Gasteiger partial charge in [-0.15, -0.1) is 0 Å². The molecule has 142 valence electrons. The van der Waals surface area contributed by atoms with Gasteiger partial charge in [0, 0.05) is 6.07 Å². The molecule has 0 aromatic heterocycles. The highest BCUT2D eigenvalue weighted by molar-refractivity contribution is 5.63. The smallest absolute Gasteiger partial charge is 0.162 e. The Balaban J connectivity index is 1.51. The average molecular weight is 375 g/mol. The molecule has 5 nitrogen and oxygen atoms in total. The Morgan fingerprint density at radius 1 is 0.857 bits per heavy atom. The maximum absolute atomic E-state index is 10.1. The third-order valence-electron chi connectivity index (χ3n) is 4.13. The highest BCUT2D eigenvalue weighted by atomic mass is 16.5. The van der Waals surface area contributed by atoms with Crippen LogP contribution in [-0.4, -0.2) is 31.5 Å². The minimum absolute atomic E-state index is 0.0460. The lowest BCUT2D eigenvalue weighted by molar-refractivity contribution is 0.0617. The summed E-state index contributed by atoms with van der Waals surface area (Å²) in [5.74, 6) is 1.59. The second kappa shape index (κ2) is 9.45. The van der Waals surface area contributed by atoms with Gasteiger partial charge in [0.05, 0.1) is 18.7 Å².